The first-order valence-electron chi connectivity index (χ1n) is 20.1. The summed E-state index contributed by atoms with van der Waals surface area (Å²) in [6.45, 7) is 19.4. The van der Waals surface area contributed by atoms with Gasteiger partial charge in [0.2, 0.25) is 0 Å². The molecule has 5 bridgehead atoms. The van der Waals surface area contributed by atoms with Crippen molar-refractivity contribution < 1.29 is 58.9 Å². The Morgan fingerprint density at radius 3 is 2.20 bits per heavy atom. The minimum atomic E-state index is -2.07. The molecule has 16 heteroatoms. The molecule has 0 radical (unpaired) electrons. The first kappa shape index (κ1) is 47.2. The smallest absolute Gasteiger partial charge is 0.312 e. The van der Waals surface area contributed by atoms with Gasteiger partial charge in [0, 0.05) is 74.2 Å². The van der Waals surface area contributed by atoms with Crippen molar-refractivity contribution in [1.82, 2.24) is 4.90 Å². The van der Waals surface area contributed by atoms with Crippen LogP contribution in [0.1, 0.15) is 90.7 Å². The lowest BCUT2D eigenvalue weighted by molar-refractivity contribution is -0.160. The zero-order chi connectivity index (χ0) is 45.0. The number of carbonyl (C=O) groups is 3. The van der Waals surface area contributed by atoms with Gasteiger partial charge in [0.1, 0.15) is 29.2 Å². The molecular weight excluding hydrogens is 776 g/mol. The quantitative estimate of drug-likeness (QED) is 0.0502. The number of esters is 1. The third-order valence-electron chi connectivity index (χ3n) is 11.6. The van der Waals surface area contributed by atoms with E-state index in [1.54, 1.807) is 46.8 Å². The second-order valence-corrected chi connectivity index (χ2v) is 15.7. The first-order valence-corrected chi connectivity index (χ1v) is 20.1. The van der Waals surface area contributed by atoms with Crippen LogP contribution in [0.15, 0.2) is 46.3 Å². The largest absolute Gasteiger partial charge is 0.507 e. The van der Waals surface area contributed by atoms with Crippen LogP contribution in [-0.2, 0) is 23.8 Å². The van der Waals surface area contributed by atoms with Gasteiger partial charge in [-0.15, -0.1) is 5.10 Å². The number of ether oxygens (including phenoxy) is 4. The van der Waals surface area contributed by atoms with Gasteiger partial charge in [-0.1, -0.05) is 45.9 Å². The fourth-order valence-corrected chi connectivity index (χ4v) is 7.79. The van der Waals surface area contributed by atoms with Crippen molar-refractivity contribution in [2.45, 2.75) is 106 Å². The van der Waals surface area contributed by atoms with E-state index in [0.717, 1.165) is 6.21 Å². The third kappa shape index (κ3) is 9.30. The van der Waals surface area contributed by atoms with Gasteiger partial charge in [0.15, 0.2) is 5.75 Å². The van der Waals surface area contributed by atoms with Crippen molar-refractivity contribution in [3.05, 3.63) is 52.8 Å². The molecule has 0 saturated heterocycles. The lowest BCUT2D eigenvalue weighted by Gasteiger charge is -2.38. The number of ketones is 1. The molecule has 2 aromatic carbocycles. The van der Waals surface area contributed by atoms with Crippen molar-refractivity contribution in [2.24, 2.45) is 33.9 Å². The minimum absolute atomic E-state index is 0.0347. The summed E-state index contributed by atoms with van der Waals surface area (Å²) in [6.07, 6.45) is 4.58. The number of amidine groups is 1. The monoisotopic (exact) mass is 836 g/mol. The topological polar surface area (TPSA) is 229 Å². The van der Waals surface area contributed by atoms with Crippen LogP contribution in [0, 0.1) is 30.6 Å². The number of benzene rings is 2. The number of allylic oxidation sites excluding steroid dienone is 2. The molecule has 9 atom stereocenters. The van der Waals surface area contributed by atoms with Crippen LogP contribution in [0.5, 0.6) is 23.0 Å². The predicted molar refractivity (Wildman–Crippen MR) is 227 cm³/mol. The molecule has 16 nitrogen and oxygen atoms in total. The highest BCUT2D eigenvalue weighted by Crippen LogP contribution is 2.55. The SMILES string of the molecule is CCN(CC)/C(C)=N\N=C\c1c2c(O)c3c(O)c(C)c4c(c3c1O)C(=O)C(C)(O/C=C\C(OC)C(C)C(OC(C)=O)C(C)C(O)C(C)C(O)C(C)/C=C\C=C(\C)C(=O)N2)O4. The van der Waals surface area contributed by atoms with Crippen LogP contribution >= 0.6 is 0 Å². The second kappa shape index (κ2) is 19.3. The molecule has 1 amide bonds. The Hall–Kier alpha value is -5.45. The second-order valence-electron chi connectivity index (χ2n) is 15.7. The van der Waals surface area contributed by atoms with E-state index in [4.69, 9.17) is 18.9 Å². The van der Waals surface area contributed by atoms with E-state index < -0.39 is 88.8 Å². The number of nitrogens with zero attached hydrogens (tertiary/aromatic N) is 3. The summed E-state index contributed by atoms with van der Waals surface area (Å²) in [5, 5.41) is 68.7. The fraction of sp³-hybridized carbons (Fsp3) is 0.523. The fourth-order valence-electron chi connectivity index (χ4n) is 7.79. The Labute approximate surface area is 350 Å². The summed E-state index contributed by atoms with van der Waals surface area (Å²) in [5.74, 6) is -8.09. The number of aliphatic hydroxyl groups is 2. The maximum atomic E-state index is 14.4. The number of phenolic OH excluding ortho intramolecular Hbond substituents is 3. The highest BCUT2D eigenvalue weighted by atomic mass is 16.7. The number of aliphatic hydroxyl groups excluding tert-OH is 2. The summed E-state index contributed by atoms with van der Waals surface area (Å²) < 4.78 is 23.6. The molecule has 2 aromatic rings. The molecule has 0 fully saturated rings. The summed E-state index contributed by atoms with van der Waals surface area (Å²) in [4.78, 5) is 42.4. The van der Waals surface area contributed by atoms with E-state index in [0.29, 0.717) is 18.9 Å². The molecular formula is C44H60N4O12. The van der Waals surface area contributed by atoms with Gasteiger partial charge in [0.05, 0.1) is 53.0 Å². The zero-order valence-corrected chi connectivity index (χ0v) is 36.4. The maximum absolute atomic E-state index is 14.4. The number of hydrogen-bond donors (Lipinski definition) is 6. The number of fused-ring (bicyclic) bond motifs is 14. The average molecular weight is 837 g/mol. The Morgan fingerprint density at radius 1 is 0.950 bits per heavy atom. The Kier molecular flexibility index (Phi) is 15.2. The number of hydrogen-bond acceptors (Lipinski definition) is 14. The van der Waals surface area contributed by atoms with Gasteiger partial charge in [-0.2, -0.15) is 5.10 Å². The zero-order valence-electron chi connectivity index (χ0n) is 36.4. The number of nitrogens with one attached hydrogen (secondary N) is 1. The van der Waals surface area contributed by atoms with E-state index in [9.17, 15) is 39.9 Å². The maximum Gasteiger partial charge on any atom is 0.312 e. The van der Waals surface area contributed by atoms with Crippen LogP contribution in [0.2, 0.25) is 0 Å². The molecule has 0 aromatic heterocycles. The van der Waals surface area contributed by atoms with E-state index in [1.807, 2.05) is 18.7 Å². The number of phenols is 3. The lowest BCUT2D eigenvalue weighted by atomic mass is 9.78. The highest BCUT2D eigenvalue weighted by molar-refractivity contribution is 6.23. The highest BCUT2D eigenvalue weighted by Gasteiger charge is 2.50. The van der Waals surface area contributed by atoms with Crippen molar-refractivity contribution >= 4 is 46.2 Å². The third-order valence-corrected chi connectivity index (χ3v) is 11.6. The van der Waals surface area contributed by atoms with E-state index in [-0.39, 0.29) is 44.5 Å². The van der Waals surface area contributed by atoms with Crippen LogP contribution in [-0.4, -0.2) is 111 Å². The number of methoxy groups -OCH3 is 1. The molecule has 5 rings (SSSR count). The summed E-state index contributed by atoms with van der Waals surface area (Å²) in [7, 11) is 1.43. The first-order chi connectivity index (χ1) is 28.2. The number of amides is 1. The summed E-state index contributed by atoms with van der Waals surface area (Å²) in [6, 6.07) is 0. The molecule has 6 N–H and O–H groups in total. The molecule has 0 aliphatic carbocycles. The molecule has 0 saturated carbocycles. The standard InChI is InChI=1S/C44H60N4O12/c1-13-48(14-2)27(9)47-45-20-29-34-39(54)32-31(38(29)53)33-41(26(8)37(32)52)60-44(11,42(33)55)58-19-18-30(57-12)23(5)40(59-28(10)49)25(7)36(51)24(6)35(50)21(3)16-15-17-22(4)43(56)46-34/h15-21,23-25,30,35-36,40,50-54H,13-14H2,1-12H3,(H,46,56)/b16-15-,19-18-,22-17-,45-20+,47-27-. The van der Waals surface area contributed by atoms with E-state index in [1.165, 1.54) is 53.2 Å². The number of Topliss-reactive ketones (excluding diaryl/α,β-unsaturated/α-hetero) is 1. The molecule has 9 unspecified atom stereocenters. The van der Waals surface area contributed by atoms with Crippen molar-refractivity contribution in [3.8, 4) is 23.0 Å². The van der Waals surface area contributed by atoms with Gasteiger partial charge < -0.3 is 54.7 Å². The van der Waals surface area contributed by atoms with Crippen LogP contribution in [0.3, 0.4) is 0 Å². The molecule has 3 aliphatic heterocycles. The molecule has 60 heavy (non-hydrogen) atoms. The van der Waals surface area contributed by atoms with Crippen molar-refractivity contribution in [2.75, 3.05) is 25.5 Å². The van der Waals surface area contributed by atoms with E-state index >= 15 is 0 Å². The van der Waals surface area contributed by atoms with E-state index in [2.05, 4.69) is 15.5 Å². The Bertz CT molecular complexity index is 2120. The van der Waals surface area contributed by atoms with Gasteiger partial charge in [-0.05, 0) is 40.7 Å². The Balaban J connectivity index is 2.00. The number of anilines is 1. The molecule has 3 heterocycles. The molecule has 3 aliphatic rings. The summed E-state index contributed by atoms with van der Waals surface area (Å²) in [5.41, 5.74) is -0.591. The summed E-state index contributed by atoms with van der Waals surface area (Å²) >= 11 is 0. The average Bonchev–Trinajstić information content (AvgIpc) is 3.47. The van der Waals surface area contributed by atoms with Gasteiger partial charge in [-0.3, -0.25) is 14.4 Å². The van der Waals surface area contributed by atoms with Crippen molar-refractivity contribution in [3.63, 3.8) is 0 Å². The number of rotatable bonds is 6. The normalized spacial score (nSPS) is 30.1. The minimum Gasteiger partial charge on any atom is -0.507 e. The number of carbonyl (C=O) groups excluding carboxylic acids is 3. The molecule has 0 spiro atoms. The van der Waals surface area contributed by atoms with Gasteiger partial charge >= 0.3 is 11.8 Å². The van der Waals surface area contributed by atoms with Crippen LogP contribution in [0.4, 0.5) is 5.69 Å². The van der Waals surface area contributed by atoms with Gasteiger partial charge in [-0.25, -0.2) is 0 Å². The van der Waals surface area contributed by atoms with Crippen molar-refractivity contribution in [1.29, 1.82) is 0 Å². The number of aromatic hydroxyl groups is 3. The van der Waals surface area contributed by atoms with Gasteiger partial charge in [0.25, 0.3) is 11.7 Å². The lowest BCUT2D eigenvalue weighted by Crippen LogP contribution is -2.46. The van der Waals surface area contributed by atoms with Crippen LogP contribution < -0.4 is 10.1 Å². The predicted octanol–water partition coefficient (Wildman–Crippen LogP) is 5.85. The Morgan fingerprint density at radius 2 is 1.60 bits per heavy atom. The molecule has 328 valence electrons. The van der Waals surface area contributed by atoms with Crippen LogP contribution in [0.25, 0.3) is 10.8 Å².